The van der Waals surface area contributed by atoms with Crippen molar-refractivity contribution in [3.63, 3.8) is 0 Å². The number of hydrogen-bond acceptors (Lipinski definition) is 0. The average molecular weight is 424 g/mol. The van der Waals surface area contributed by atoms with E-state index in [0.717, 1.165) is 17.3 Å². The molecule has 2 aliphatic carbocycles. The maximum absolute atomic E-state index is 2.41. The molecule has 0 N–H and O–H groups in total. The summed E-state index contributed by atoms with van der Waals surface area (Å²) in [6.45, 7) is 2.37. The quantitative estimate of drug-likeness (QED) is 0.425. The number of benzene rings is 1. The lowest BCUT2D eigenvalue weighted by Gasteiger charge is -2.47. The Kier molecular flexibility index (Phi) is 6.46. The molecule has 0 aliphatic heterocycles. The summed E-state index contributed by atoms with van der Waals surface area (Å²) >= 11 is 2.41. The molecule has 0 amide bonds. The van der Waals surface area contributed by atoms with Crippen LogP contribution in [0, 0.1) is 14.9 Å². The van der Waals surface area contributed by atoms with Crippen LogP contribution >= 0.6 is 22.6 Å². The molecule has 2 saturated carbocycles. The first kappa shape index (κ1) is 17.8. The van der Waals surface area contributed by atoms with Gasteiger partial charge in [-0.3, -0.25) is 0 Å². The third kappa shape index (κ3) is 4.32. The van der Waals surface area contributed by atoms with Gasteiger partial charge in [-0.25, -0.2) is 0 Å². The summed E-state index contributed by atoms with van der Waals surface area (Å²) in [5.74, 6) is 1.85. The SMILES string of the molecule is CCCCC1([C@H]2CC[C@H](c3ccc(I)cc3)CC2)CCCCC1. The molecular weight excluding hydrogens is 391 g/mol. The summed E-state index contributed by atoms with van der Waals surface area (Å²) < 4.78 is 1.36. The van der Waals surface area contributed by atoms with Gasteiger partial charge in [-0.05, 0) is 102 Å². The summed E-state index contributed by atoms with van der Waals surface area (Å²) in [5, 5.41) is 0. The van der Waals surface area contributed by atoms with E-state index < -0.39 is 0 Å². The first-order valence-corrected chi connectivity index (χ1v) is 11.1. The minimum atomic E-state index is 0.727. The van der Waals surface area contributed by atoms with Gasteiger partial charge in [-0.15, -0.1) is 0 Å². The van der Waals surface area contributed by atoms with Crippen LogP contribution < -0.4 is 0 Å². The van der Waals surface area contributed by atoms with Crippen molar-refractivity contribution in [2.75, 3.05) is 0 Å². The van der Waals surface area contributed by atoms with Crippen molar-refractivity contribution in [3.05, 3.63) is 33.4 Å². The van der Waals surface area contributed by atoms with E-state index in [1.54, 1.807) is 5.56 Å². The Bertz CT molecular complexity index is 461. The zero-order chi connectivity index (χ0) is 16.1. The zero-order valence-electron chi connectivity index (χ0n) is 14.8. The Hall–Kier alpha value is -0.0500. The number of halogens is 1. The van der Waals surface area contributed by atoms with E-state index in [-0.39, 0.29) is 0 Å². The molecule has 1 aromatic rings. The second-order valence-electron chi connectivity index (χ2n) is 8.13. The zero-order valence-corrected chi connectivity index (χ0v) is 17.0. The smallest absolute Gasteiger partial charge is 0.0130 e. The lowest BCUT2D eigenvalue weighted by molar-refractivity contribution is 0.0511. The van der Waals surface area contributed by atoms with Crippen LogP contribution in [0.15, 0.2) is 24.3 Å². The summed E-state index contributed by atoms with van der Waals surface area (Å²) in [4.78, 5) is 0. The van der Waals surface area contributed by atoms with Gasteiger partial charge < -0.3 is 0 Å². The molecule has 0 unspecified atom stereocenters. The predicted molar refractivity (Wildman–Crippen MR) is 109 cm³/mol. The molecular formula is C22H33I. The van der Waals surface area contributed by atoms with Gasteiger partial charge in [-0.1, -0.05) is 51.2 Å². The third-order valence-corrected chi connectivity index (χ3v) is 7.53. The molecule has 23 heavy (non-hydrogen) atoms. The molecule has 0 bridgehead atoms. The van der Waals surface area contributed by atoms with Gasteiger partial charge in [0.15, 0.2) is 0 Å². The van der Waals surface area contributed by atoms with Crippen LogP contribution in [0.5, 0.6) is 0 Å². The molecule has 0 atom stereocenters. The Balaban J connectivity index is 1.62. The Morgan fingerprint density at radius 3 is 2.22 bits per heavy atom. The van der Waals surface area contributed by atoms with Crippen LogP contribution in [0.3, 0.4) is 0 Å². The van der Waals surface area contributed by atoms with E-state index >= 15 is 0 Å². The molecule has 0 aromatic heterocycles. The van der Waals surface area contributed by atoms with Crippen molar-refractivity contribution < 1.29 is 0 Å². The molecule has 2 aliphatic rings. The lowest BCUT2D eigenvalue weighted by Crippen LogP contribution is -2.35. The summed E-state index contributed by atoms with van der Waals surface area (Å²) in [7, 11) is 0. The lowest BCUT2D eigenvalue weighted by atomic mass is 9.58. The monoisotopic (exact) mass is 424 g/mol. The van der Waals surface area contributed by atoms with Gasteiger partial charge in [0.25, 0.3) is 0 Å². The van der Waals surface area contributed by atoms with Crippen molar-refractivity contribution in [2.24, 2.45) is 11.3 Å². The fraction of sp³-hybridized carbons (Fsp3) is 0.727. The van der Waals surface area contributed by atoms with E-state index in [1.165, 1.54) is 80.6 Å². The standard InChI is InChI=1S/C22H33I/c1-2-3-15-22(16-5-4-6-17-22)20-11-7-18(8-12-20)19-9-13-21(23)14-10-19/h9-10,13-14,18,20H,2-8,11-12,15-17H2,1H3/t18-,20-. The van der Waals surface area contributed by atoms with E-state index in [2.05, 4.69) is 53.8 Å². The molecule has 0 radical (unpaired) electrons. The van der Waals surface area contributed by atoms with Crippen LogP contribution in [-0.4, -0.2) is 0 Å². The minimum Gasteiger partial charge on any atom is -0.0654 e. The summed E-state index contributed by atoms with van der Waals surface area (Å²) in [6.07, 6.45) is 17.7. The van der Waals surface area contributed by atoms with Crippen molar-refractivity contribution in [1.82, 2.24) is 0 Å². The van der Waals surface area contributed by atoms with E-state index in [1.807, 2.05) is 0 Å². The molecule has 2 fully saturated rings. The fourth-order valence-electron chi connectivity index (χ4n) is 5.42. The van der Waals surface area contributed by atoms with Gasteiger partial charge in [0, 0.05) is 3.57 Å². The van der Waals surface area contributed by atoms with Crippen molar-refractivity contribution >= 4 is 22.6 Å². The summed E-state index contributed by atoms with van der Waals surface area (Å²) in [6, 6.07) is 9.32. The van der Waals surface area contributed by atoms with Gasteiger partial charge in [0.05, 0.1) is 0 Å². The Morgan fingerprint density at radius 2 is 1.61 bits per heavy atom. The van der Waals surface area contributed by atoms with Gasteiger partial charge in [0.2, 0.25) is 0 Å². The number of hydrogen-bond donors (Lipinski definition) is 0. The predicted octanol–water partition coefficient (Wildman–Crippen LogP) is 7.71. The minimum absolute atomic E-state index is 0.727. The van der Waals surface area contributed by atoms with E-state index in [0.29, 0.717) is 0 Å². The van der Waals surface area contributed by atoms with E-state index in [4.69, 9.17) is 0 Å². The third-order valence-electron chi connectivity index (χ3n) is 6.81. The molecule has 0 heterocycles. The highest BCUT2D eigenvalue weighted by atomic mass is 127. The van der Waals surface area contributed by atoms with E-state index in [9.17, 15) is 0 Å². The topological polar surface area (TPSA) is 0 Å². The van der Waals surface area contributed by atoms with Crippen LogP contribution in [0.25, 0.3) is 0 Å². The first-order chi connectivity index (χ1) is 11.2. The molecule has 3 rings (SSSR count). The average Bonchev–Trinajstić information content (AvgIpc) is 2.62. The molecule has 0 saturated heterocycles. The summed E-state index contributed by atoms with van der Waals surface area (Å²) in [5.41, 5.74) is 2.32. The van der Waals surface area contributed by atoms with Crippen LogP contribution in [0.2, 0.25) is 0 Å². The maximum Gasteiger partial charge on any atom is 0.0130 e. The van der Waals surface area contributed by atoms with Crippen molar-refractivity contribution in [1.29, 1.82) is 0 Å². The van der Waals surface area contributed by atoms with Crippen LogP contribution in [0.4, 0.5) is 0 Å². The fourth-order valence-corrected chi connectivity index (χ4v) is 5.78. The first-order valence-electron chi connectivity index (χ1n) is 9.99. The molecule has 1 heteroatoms. The largest absolute Gasteiger partial charge is 0.0654 e. The molecule has 1 aromatic carbocycles. The Labute approximate surface area is 157 Å². The normalized spacial score (nSPS) is 27.7. The highest BCUT2D eigenvalue weighted by molar-refractivity contribution is 14.1. The van der Waals surface area contributed by atoms with Crippen LogP contribution in [-0.2, 0) is 0 Å². The highest BCUT2D eigenvalue weighted by Crippen LogP contribution is 2.53. The second kappa shape index (κ2) is 8.36. The van der Waals surface area contributed by atoms with Crippen molar-refractivity contribution in [3.8, 4) is 0 Å². The second-order valence-corrected chi connectivity index (χ2v) is 9.37. The molecule has 0 spiro atoms. The van der Waals surface area contributed by atoms with Crippen LogP contribution in [0.1, 0.15) is 95.5 Å². The van der Waals surface area contributed by atoms with Crippen molar-refractivity contribution in [2.45, 2.75) is 89.9 Å². The molecule has 128 valence electrons. The van der Waals surface area contributed by atoms with Gasteiger partial charge in [-0.2, -0.15) is 0 Å². The number of rotatable bonds is 5. The molecule has 0 nitrogen and oxygen atoms in total. The highest BCUT2D eigenvalue weighted by Gasteiger charge is 2.40. The van der Waals surface area contributed by atoms with Gasteiger partial charge in [0.1, 0.15) is 0 Å². The Morgan fingerprint density at radius 1 is 0.957 bits per heavy atom. The number of unbranched alkanes of at least 4 members (excludes halogenated alkanes) is 1. The maximum atomic E-state index is 2.41. The van der Waals surface area contributed by atoms with Gasteiger partial charge >= 0.3 is 0 Å².